The standard InChI is InChI=1S/C22H26N4O3/c1-16(2)29-19-9-7-17(8-10-19)11-12-23-21(27)14-28-20-6-4-5-18(13-20)22-24-15-26(3)25-22/h4-10,13,15-16H,11-12,14H2,1-3H3,(H,23,27). The zero-order valence-corrected chi connectivity index (χ0v) is 17.0. The number of aromatic nitrogens is 3. The van der Waals surface area contributed by atoms with Crippen LogP contribution in [0.25, 0.3) is 11.4 Å². The largest absolute Gasteiger partial charge is 0.491 e. The van der Waals surface area contributed by atoms with Gasteiger partial charge in [-0.1, -0.05) is 24.3 Å². The first-order valence-corrected chi connectivity index (χ1v) is 9.61. The maximum atomic E-state index is 12.1. The van der Waals surface area contributed by atoms with Crippen LogP contribution in [0.4, 0.5) is 0 Å². The number of rotatable bonds is 9. The van der Waals surface area contributed by atoms with Crippen molar-refractivity contribution in [2.75, 3.05) is 13.2 Å². The summed E-state index contributed by atoms with van der Waals surface area (Å²) in [6.07, 6.45) is 2.54. The fourth-order valence-electron chi connectivity index (χ4n) is 2.75. The van der Waals surface area contributed by atoms with E-state index in [1.54, 1.807) is 17.1 Å². The highest BCUT2D eigenvalue weighted by Gasteiger charge is 2.07. The first-order valence-electron chi connectivity index (χ1n) is 9.61. The molecular weight excluding hydrogens is 368 g/mol. The number of hydrogen-bond acceptors (Lipinski definition) is 5. The molecular formula is C22H26N4O3. The van der Waals surface area contributed by atoms with Gasteiger partial charge in [0.05, 0.1) is 6.10 Å². The van der Waals surface area contributed by atoms with Crippen molar-refractivity contribution in [3.8, 4) is 22.9 Å². The molecule has 1 aromatic heterocycles. The number of amides is 1. The molecule has 0 radical (unpaired) electrons. The fourth-order valence-corrected chi connectivity index (χ4v) is 2.75. The molecule has 3 aromatic rings. The van der Waals surface area contributed by atoms with Crippen molar-refractivity contribution in [3.05, 3.63) is 60.4 Å². The van der Waals surface area contributed by atoms with Crippen LogP contribution >= 0.6 is 0 Å². The maximum absolute atomic E-state index is 12.1. The van der Waals surface area contributed by atoms with E-state index in [0.717, 1.165) is 23.3 Å². The average Bonchev–Trinajstić information content (AvgIpc) is 3.14. The zero-order valence-electron chi connectivity index (χ0n) is 17.0. The Morgan fingerprint density at radius 2 is 1.93 bits per heavy atom. The Bertz CT molecular complexity index is 935. The van der Waals surface area contributed by atoms with Gasteiger partial charge in [0.15, 0.2) is 12.4 Å². The highest BCUT2D eigenvalue weighted by molar-refractivity contribution is 5.77. The SMILES string of the molecule is CC(C)Oc1ccc(CCNC(=O)COc2cccc(-c3ncn(C)n3)c2)cc1. The van der Waals surface area contributed by atoms with Gasteiger partial charge in [-0.15, -0.1) is 0 Å². The molecule has 0 aliphatic rings. The van der Waals surface area contributed by atoms with E-state index in [2.05, 4.69) is 15.4 Å². The molecule has 3 rings (SSSR count). The summed E-state index contributed by atoms with van der Waals surface area (Å²) in [5.41, 5.74) is 1.98. The Balaban J connectivity index is 1.42. The molecule has 1 N–H and O–H groups in total. The zero-order chi connectivity index (χ0) is 20.6. The van der Waals surface area contributed by atoms with Gasteiger partial charge in [-0.2, -0.15) is 5.10 Å². The van der Waals surface area contributed by atoms with E-state index in [1.807, 2.05) is 63.4 Å². The van der Waals surface area contributed by atoms with Gasteiger partial charge in [0.1, 0.15) is 17.8 Å². The first kappa shape index (κ1) is 20.4. The van der Waals surface area contributed by atoms with Crippen LogP contribution in [0.5, 0.6) is 11.5 Å². The van der Waals surface area contributed by atoms with Crippen molar-refractivity contribution in [2.24, 2.45) is 7.05 Å². The normalized spacial score (nSPS) is 10.8. The van der Waals surface area contributed by atoms with Crippen LogP contribution in [0.2, 0.25) is 0 Å². The van der Waals surface area contributed by atoms with E-state index in [1.165, 1.54) is 0 Å². The molecule has 29 heavy (non-hydrogen) atoms. The number of nitrogens with zero attached hydrogens (tertiary/aromatic N) is 3. The number of aryl methyl sites for hydroxylation is 1. The Labute approximate surface area is 170 Å². The monoisotopic (exact) mass is 394 g/mol. The maximum Gasteiger partial charge on any atom is 0.257 e. The number of ether oxygens (including phenoxy) is 2. The van der Waals surface area contributed by atoms with Gasteiger partial charge in [0, 0.05) is 19.2 Å². The van der Waals surface area contributed by atoms with Gasteiger partial charge in [0.25, 0.3) is 5.91 Å². The molecule has 0 aliphatic heterocycles. The predicted octanol–water partition coefficient (Wildman–Crippen LogP) is 3.01. The van der Waals surface area contributed by atoms with Gasteiger partial charge in [0.2, 0.25) is 0 Å². The molecule has 1 heterocycles. The van der Waals surface area contributed by atoms with Crippen molar-refractivity contribution < 1.29 is 14.3 Å². The van der Waals surface area contributed by atoms with Crippen LogP contribution in [-0.4, -0.2) is 39.9 Å². The van der Waals surface area contributed by atoms with E-state index in [-0.39, 0.29) is 18.6 Å². The highest BCUT2D eigenvalue weighted by atomic mass is 16.5. The Morgan fingerprint density at radius 3 is 2.62 bits per heavy atom. The average molecular weight is 394 g/mol. The quantitative estimate of drug-likeness (QED) is 0.604. The summed E-state index contributed by atoms with van der Waals surface area (Å²) in [5, 5.41) is 7.14. The van der Waals surface area contributed by atoms with Crippen molar-refractivity contribution in [2.45, 2.75) is 26.4 Å². The Kier molecular flexibility index (Phi) is 6.84. The molecule has 0 saturated carbocycles. The second-order valence-corrected chi connectivity index (χ2v) is 6.97. The minimum Gasteiger partial charge on any atom is -0.491 e. The number of carbonyl (C=O) groups is 1. The molecule has 1 amide bonds. The lowest BCUT2D eigenvalue weighted by molar-refractivity contribution is -0.123. The predicted molar refractivity (Wildman–Crippen MR) is 111 cm³/mol. The van der Waals surface area contributed by atoms with Crippen molar-refractivity contribution in [1.29, 1.82) is 0 Å². The third-order valence-corrected chi connectivity index (χ3v) is 4.09. The van der Waals surface area contributed by atoms with E-state index in [4.69, 9.17) is 9.47 Å². The van der Waals surface area contributed by atoms with Crippen LogP contribution in [0.15, 0.2) is 54.9 Å². The van der Waals surface area contributed by atoms with E-state index >= 15 is 0 Å². The van der Waals surface area contributed by atoms with E-state index < -0.39 is 0 Å². The molecule has 0 bridgehead atoms. The third-order valence-electron chi connectivity index (χ3n) is 4.09. The number of carbonyl (C=O) groups excluding carboxylic acids is 1. The lowest BCUT2D eigenvalue weighted by Crippen LogP contribution is -2.30. The van der Waals surface area contributed by atoms with Crippen LogP contribution in [0, 0.1) is 0 Å². The second kappa shape index (κ2) is 9.73. The Morgan fingerprint density at radius 1 is 1.14 bits per heavy atom. The molecule has 0 aliphatic carbocycles. The summed E-state index contributed by atoms with van der Waals surface area (Å²) in [5.74, 6) is 1.91. The highest BCUT2D eigenvalue weighted by Crippen LogP contribution is 2.20. The molecule has 0 saturated heterocycles. The summed E-state index contributed by atoms with van der Waals surface area (Å²) < 4.78 is 12.9. The molecule has 152 valence electrons. The summed E-state index contributed by atoms with van der Waals surface area (Å²) in [4.78, 5) is 16.3. The first-order chi connectivity index (χ1) is 14.0. The minimum atomic E-state index is -0.161. The third kappa shape index (κ3) is 6.34. The van der Waals surface area contributed by atoms with E-state index in [0.29, 0.717) is 18.1 Å². The van der Waals surface area contributed by atoms with Gasteiger partial charge in [-0.05, 0) is 50.1 Å². The summed E-state index contributed by atoms with van der Waals surface area (Å²) in [6.45, 7) is 4.50. The molecule has 0 fully saturated rings. The topological polar surface area (TPSA) is 78.3 Å². The molecule has 7 heteroatoms. The van der Waals surface area contributed by atoms with Crippen molar-refractivity contribution in [1.82, 2.24) is 20.1 Å². The minimum absolute atomic E-state index is 0.0414. The van der Waals surface area contributed by atoms with Gasteiger partial charge in [-0.25, -0.2) is 4.98 Å². The molecule has 7 nitrogen and oxygen atoms in total. The molecule has 0 atom stereocenters. The summed E-state index contributed by atoms with van der Waals surface area (Å²) >= 11 is 0. The molecule has 2 aromatic carbocycles. The van der Waals surface area contributed by atoms with Crippen LogP contribution < -0.4 is 14.8 Å². The fraction of sp³-hybridized carbons (Fsp3) is 0.318. The van der Waals surface area contributed by atoms with Gasteiger partial charge in [-0.3, -0.25) is 9.48 Å². The van der Waals surface area contributed by atoms with E-state index in [9.17, 15) is 4.79 Å². The number of hydrogen-bond donors (Lipinski definition) is 1. The second-order valence-electron chi connectivity index (χ2n) is 6.97. The molecule has 0 unspecified atom stereocenters. The smallest absolute Gasteiger partial charge is 0.257 e. The summed E-state index contributed by atoms with van der Waals surface area (Å²) in [7, 11) is 1.81. The molecule has 0 spiro atoms. The van der Waals surface area contributed by atoms with Crippen LogP contribution in [0.3, 0.4) is 0 Å². The van der Waals surface area contributed by atoms with Crippen LogP contribution in [-0.2, 0) is 18.3 Å². The van der Waals surface area contributed by atoms with Gasteiger partial charge >= 0.3 is 0 Å². The number of benzene rings is 2. The van der Waals surface area contributed by atoms with Gasteiger partial charge < -0.3 is 14.8 Å². The Hall–Kier alpha value is -3.35. The lowest BCUT2D eigenvalue weighted by Gasteiger charge is -2.10. The number of nitrogens with one attached hydrogen (secondary N) is 1. The van der Waals surface area contributed by atoms with Crippen LogP contribution in [0.1, 0.15) is 19.4 Å². The summed E-state index contributed by atoms with van der Waals surface area (Å²) in [6, 6.07) is 15.3. The lowest BCUT2D eigenvalue weighted by atomic mass is 10.1. The van der Waals surface area contributed by atoms with Crippen molar-refractivity contribution >= 4 is 5.91 Å². The van der Waals surface area contributed by atoms with Crippen molar-refractivity contribution in [3.63, 3.8) is 0 Å².